The molecule has 0 aliphatic heterocycles. The average Bonchev–Trinajstić information content (AvgIpc) is 2.67. The van der Waals surface area contributed by atoms with E-state index in [1.165, 1.54) is 0 Å². The zero-order valence-electron chi connectivity index (χ0n) is 11.2. The van der Waals surface area contributed by atoms with Gasteiger partial charge in [0.1, 0.15) is 5.78 Å². The second kappa shape index (κ2) is 8.06. The van der Waals surface area contributed by atoms with Crippen molar-refractivity contribution in [2.75, 3.05) is 0 Å². The summed E-state index contributed by atoms with van der Waals surface area (Å²) in [5.41, 5.74) is 0. The summed E-state index contributed by atoms with van der Waals surface area (Å²) >= 11 is 0. The Bertz CT molecular complexity index is 307. The molecule has 1 N–H and O–H groups in total. The molecular formula is C15H24O3. The Morgan fingerprint density at radius 1 is 1.39 bits per heavy atom. The highest BCUT2D eigenvalue weighted by Gasteiger charge is 2.32. The minimum atomic E-state index is -0.722. The van der Waals surface area contributed by atoms with E-state index < -0.39 is 5.97 Å². The molecule has 2 atom stereocenters. The molecule has 0 aromatic rings. The van der Waals surface area contributed by atoms with Crippen molar-refractivity contribution in [3.63, 3.8) is 0 Å². The summed E-state index contributed by atoms with van der Waals surface area (Å²) in [5.74, 6) is 0.351. The first kappa shape index (κ1) is 14.9. The Kier molecular flexibility index (Phi) is 6.69. The second-order valence-corrected chi connectivity index (χ2v) is 5.13. The number of aliphatic carboxylic acids is 1. The lowest BCUT2D eigenvalue weighted by atomic mass is 9.88. The van der Waals surface area contributed by atoms with Gasteiger partial charge in [0, 0.05) is 18.8 Å². The lowest BCUT2D eigenvalue weighted by molar-refractivity contribution is -0.137. The van der Waals surface area contributed by atoms with Crippen LogP contribution in [-0.2, 0) is 9.59 Å². The Labute approximate surface area is 109 Å². The molecular weight excluding hydrogens is 228 g/mol. The molecule has 3 nitrogen and oxygen atoms in total. The van der Waals surface area contributed by atoms with E-state index in [1.807, 2.05) is 0 Å². The topological polar surface area (TPSA) is 54.4 Å². The highest BCUT2D eigenvalue weighted by molar-refractivity contribution is 5.83. The summed E-state index contributed by atoms with van der Waals surface area (Å²) in [4.78, 5) is 22.2. The third-order valence-electron chi connectivity index (χ3n) is 3.75. The second-order valence-electron chi connectivity index (χ2n) is 5.13. The van der Waals surface area contributed by atoms with Crippen LogP contribution in [-0.4, -0.2) is 16.9 Å². The maximum absolute atomic E-state index is 11.8. The number of allylic oxidation sites excluding steroid dienone is 2. The number of hydrogen-bond donors (Lipinski definition) is 1. The number of carboxylic acid groups (broad SMARTS) is 1. The first-order valence-corrected chi connectivity index (χ1v) is 7.04. The molecule has 0 spiro atoms. The normalized spacial score (nSPS) is 23.9. The summed E-state index contributed by atoms with van der Waals surface area (Å²) in [6.07, 6.45) is 10.8. The molecule has 0 aromatic carbocycles. The van der Waals surface area contributed by atoms with Crippen molar-refractivity contribution >= 4 is 11.8 Å². The minimum absolute atomic E-state index is 0.192. The zero-order chi connectivity index (χ0) is 13.4. The summed E-state index contributed by atoms with van der Waals surface area (Å²) in [6, 6.07) is 0. The molecule has 102 valence electrons. The van der Waals surface area contributed by atoms with E-state index >= 15 is 0 Å². The van der Waals surface area contributed by atoms with Gasteiger partial charge in [-0.15, -0.1) is 0 Å². The van der Waals surface area contributed by atoms with E-state index in [-0.39, 0.29) is 12.3 Å². The monoisotopic (exact) mass is 252 g/mol. The summed E-state index contributed by atoms with van der Waals surface area (Å²) in [7, 11) is 0. The highest BCUT2D eigenvalue weighted by atomic mass is 16.4. The first-order valence-electron chi connectivity index (χ1n) is 7.04. The van der Waals surface area contributed by atoms with Crippen molar-refractivity contribution in [3.05, 3.63) is 12.2 Å². The minimum Gasteiger partial charge on any atom is -0.481 e. The van der Waals surface area contributed by atoms with Gasteiger partial charge in [-0.25, -0.2) is 0 Å². The maximum atomic E-state index is 11.8. The third kappa shape index (κ3) is 5.03. The van der Waals surface area contributed by atoms with Crippen molar-refractivity contribution in [1.82, 2.24) is 0 Å². The number of unbranched alkanes of at least 4 members (excludes halogenated alkanes) is 1. The fourth-order valence-electron chi connectivity index (χ4n) is 2.74. The van der Waals surface area contributed by atoms with Crippen molar-refractivity contribution in [3.8, 4) is 0 Å². The van der Waals surface area contributed by atoms with Crippen LogP contribution in [0.1, 0.15) is 58.3 Å². The smallest absolute Gasteiger partial charge is 0.303 e. The molecule has 0 unspecified atom stereocenters. The van der Waals surface area contributed by atoms with Crippen LogP contribution >= 0.6 is 0 Å². The fraction of sp³-hybridized carbons (Fsp3) is 0.733. The summed E-state index contributed by atoms with van der Waals surface area (Å²) in [6.45, 7) is 2.09. The molecule has 1 fully saturated rings. The number of hydrogen-bond acceptors (Lipinski definition) is 2. The number of carbonyl (C=O) groups is 2. The van der Waals surface area contributed by atoms with E-state index in [0.717, 1.165) is 38.5 Å². The van der Waals surface area contributed by atoms with E-state index in [2.05, 4.69) is 19.1 Å². The van der Waals surface area contributed by atoms with Crippen LogP contribution in [0.5, 0.6) is 0 Å². The molecule has 1 saturated carbocycles. The number of ketones is 1. The van der Waals surface area contributed by atoms with Crippen LogP contribution in [0.3, 0.4) is 0 Å². The number of carboxylic acids is 1. The fourth-order valence-corrected chi connectivity index (χ4v) is 2.74. The SMILES string of the molecule is CC/C=C\C[C@H]1C(=O)CC[C@@H]1CCCCC(=O)O. The number of carbonyl (C=O) groups excluding carboxylic acids is 1. The molecule has 0 heterocycles. The third-order valence-corrected chi connectivity index (χ3v) is 3.75. The van der Waals surface area contributed by atoms with Gasteiger partial charge in [0.2, 0.25) is 0 Å². The van der Waals surface area contributed by atoms with Crippen molar-refractivity contribution in [1.29, 1.82) is 0 Å². The van der Waals surface area contributed by atoms with Crippen LogP contribution in [0.25, 0.3) is 0 Å². The van der Waals surface area contributed by atoms with Gasteiger partial charge in [0.25, 0.3) is 0 Å². The molecule has 3 heteroatoms. The van der Waals surface area contributed by atoms with Gasteiger partial charge in [-0.1, -0.05) is 25.5 Å². The quantitative estimate of drug-likeness (QED) is 0.530. The van der Waals surface area contributed by atoms with Gasteiger partial charge >= 0.3 is 5.97 Å². The molecule has 0 amide bonds. The lowest BCUT2D eigenvalue weighted by Crippen LogP contribution is -2.14. The van der Waals surface area contributed by atoms with Crippen LogP contribution in [0, 0.1) is 11.8 Å². The van der Waals surface area contributed by atoms with E-state index in [0.29, 0.717) is 18.1 Å². The lowest BCUT2D eigenvalue weighted by Gasteiger charge is -2.16. The van der Waals surface area contributed by atoms with Gasteiger partial charge in [0.05, 0.1) is 0 Å². The Morgan fingerprint density at radius 3 is 2.83 bits per heavy atom. The predicted octanol–water partition coefficient (Wildman–Crippen LogP) is 3.58. The summed E-state index contributed by atoms with van der Waals surface area (Å²) in [5, 5.41) is 8.58. The Hall–Kier alpha value is -1.12. The van der Waals surface area contributed by atoms with Gasteiger partial charge in [0.15, 0.2) is 0 Å². The van der Waals surface area contributed by atoms with Crippen LogP contribution in [0.4, 0.5) is 0 Å². The standard InChI is InChI=1S/C15H24O3/c1-2-3-4-8-13-12(10-11-14(13)16)7-5-6-9-15(17)18/h3-4,12-13H,2,5-11H2,1H3,(H,17,18)/b4-3-/t12-,13+/m0/s1. The van der Waals surface area contributed by atoms with E-state index in [4.69, 9.17) is 5.11 Å². The maximum Gasteiger partial charge on any atom is 0.303 e. The van der Waals surface area contributed by atoms with Gasteiger partial charge in [-0.05, 0) is 38.0 Å². The van der Waals surface area contributed by atoms with Crippen LogP contribution in [0.15, 0.2) is 12.2 Å². The number of rotatable bonds is 8. The largest absolute Gasteiger partial charge is 0.481 e. The molecule has 0 bridgehead atoms. The summed E-state index contributed by atoms with van der Waals surface area (Å²) < 4.78 is 0. The van der Waals surface area contributed by atoms with Crippen molar-refractivity contribution in [2.24, 2.45) is 11.8 Å². The molecule has 0 saturated heterocycles. The first-order chi connectivity index (χ1) is 8.65. The number of Topliss-reactive ketones (excluding diaryl/α,β-unsaturated/α-hetero) is 1. The van der Waals surface area contributed by atoms with E-state index in [9.17, 15) is 9.59 Å². The van der Waals surface area contributed by atoms with Crippen molar-refractivity contribution in [2.45, 2.75) is 58.3 Å². The van der Waals surface area contributed by atoms with Crippen LogP contribution in [0.2, 0.25) is 0 Å². The van der Waals surface area contributed by atoms with E-state index in [1.54, 1.807) is 0 Å². The molecule has 1 aliphatic carbocycles. The molecule has 18 heavy (non-hydrogen) atoms. The van der Waals surface area contributed by atoms with Gasteiger partial charge < -0.3 is 5.11 Å². The van der Waals surface area contributed by atoms with Crippen LogP contribution < -0.4 is 0 Å². The van der Waals surface area contributed by atoms with Gasteiger partial charge in [-0.3, -0.25) is 9.59 Å². The zero-order valence-corrected chi connectivity index (χ0v) is 11.2. The molecule has 1 rings (SSSR count). The Morgan fingerprint density at radius 2 is 2.17 bits per heavy atom. The van der Waals surface area contributed by atoms with Gasteiger partial charge in [-0.2, -0.15) is 0 Å². The molecule has 1 aliphatic rings. The molecule has 0 radical (unpaired) electrons. The average molecular weight is 252 g/mol. The molecule has 0 aromatic heterocycles. The predicted molar refractivity (Wildman–Crippen MR) is 71.4 cm³/mol. The van der Waals surface area contributed by atoms with Crippen molar-refractivity contribution < 1.29 is 14.7 Å². The Balaban J connectivity index is 2.31. The highest BCUT2D eigenvalue weighted by Crippen LogP contribution is 2.35.